The van der Waals surface area contributed by atoms with Crippen LogP contribution in [0.4, 0.5) is 5.69 Å². The van der Waals surface area contributed by atoms with Gasteiger partial charge in [0.25, 0.3) is 10.0 Å². The summed E-state index contributed by atoms with van der Waals surface area (Å²) in [6.07, 6.45) is 4.01. The maximum atomic E-state index is 14.2. The molecule has 0 unspecified atom stereocenters. The second-order valence-electron chi connectivity index (χ2n) is 11.3. The molecule has 8 heteroatoms. The van der Waals surface area contributed by atoms with Crippen LogP contribution in [-0.2, 0) is 26.2 Å². The quantitative estimate of drug-likeness (QED) is 0.341. The van der Waals surface area contributed by atoms with Crippen LogP contribution in [-0.4, -0.2) is 43.8 Å². The molecule has 1 N–H and O–H groups in total. The number of sulfonamides is 1. The third kappa shape index (κ3) is 7.36. The first-order chi connectivity index (χ1) is 19.5. The molecule has 4 rings (SSSR count). The molecule has 0 aliphatic heterocycles. The van der Waals surface area contributed by atoms with Crippen LogP contribution in [0.2, 0.25) is 0 Å². The molecule has 0 radical (unpaired) electrons. The molecule has 3 aromatic rings. The lowest BCUT2D eigenvalue weighted by Crippen LogP contribution is -2.52. The number of hydrogen-bond acceptors (Lipinski definition) is 4. The first-order valence-electron chi connectivity index (χ1n) is 14.3. The molecule has 3 aromatic carbocycles. The lowest BCUT2D eigenvalue weighted by Gasteiger charge is -2.33. The van der Waals surface area contributed by atoms with Gasteiger partial charge in [-0.05, 0) is 94.0 Å². The Balaban J connectivity index is 1.72. The number of amides is 2. The van der Waals surface area contributed by atoms with Crippen molar-refractivity contribution in [3.63, 3.8) is 0 Å². The molecule has 0 heterocycles. The normalized spacial score (nSPS) is 14.5. The highest BCUT2D eigenvalue weighted by Gasteiger charge is 2.33. The van der Waals surface area contributed by atoms with Crippen molar-refractivity contribution in [1.82, 2.24) is 10.2 Å². The molecule has 1 aliphatic rings. The maximum absolute atomic E-state index is 14.2. The predicted molar refractivity (Wildman–Crippen MR) is 163 cm³/mol. The molecule has 41 heavy (non-hydrogen) atoms. The standard InChI is InChI=1S/C33H41N3O4S/c1-23-14-16-31(17-15-23)41(39,40)36(30-19-24(2)18-25(3)20-30)22-32(37)35(21-28-11-7-6-10-26(28)4)27(5)33(38)34-29-12-8-9-13-29/h6-7,10-11,14-20,27,29H,8-9,12-13,21-22H2,1-5H3,(H,34,38)/t27-/m0/s1. The highest BCUT2D eigenvalue weighted by atomic mass is 32.2. The SMILES string of the molecule is Cc1ccc(S(=O)(=O)N(CC(=O)N(Cc2ccccc2C)[C@@H](C)C(=O)NC2CCCC2)c2cc(C)cc(C)c2)cc1. The van der Waals surface area contributed by atoms with Crippen molar-refractivity contribution in [1.29, 1.82) is 0 Å². The van der Waals surface area contributed by atoms with Gasteiger partial charge in [0.1, 0.15) is 12.6 Å². The third-order valence-corrected chi connectivity index (χ3v) is 9.64. The Labute approximate surface area is 244 Å². The molecule has 7 nitrogen and oxygen atoms in total. The van der Waals surface area contributed by atoms with E-state index in [1.54, 1.807) is 43.3 Å². The fourth-order valence-electron chi connectivity index (χ4n) is 5.41. The molecule has 1 aliphatic carbocycles. The second-order valence-corrected chi connectivity index (χ2v) is 13.1. The molecule has 1 fully saturated rings. The summed E-state index contributed by atoms with van der Waals surface area (Å²) in [4.78, 5) is 29.2. The molecule has 0 bridgehead atoms. The summed E-state index contributed by atoms with van der Waals surface area (Å²) in [7, 11) is -4.09. The van der Waals surface area contributed by atoms with Crippen LogP contribution in [0.15, 0.2) is 71.6 Å². The summed E-state index contributed by atoms with van der Waals surface area (Å²) >= 11 is 0. The summed E-state index contributed by atoms with van der Waals surface area (Å²) in [5, 5.41) is 3.11. The van der Waals surface area contributed by atoms with Gasteiger partial charge < -0.3 is 10.2 Å². The lowest BCUT2D eigenvalue weighted by molar-refractivity contribution is -0.139. The molecule has 2 amide bonds. The highest BCUT2D eigenvalue weighted by molar-refractivity contribution is 7.92. The van der Waals surface area contributed by atoms with Gasteiger partial charge in [0.05, 0.1) is 10.6 Å². The van der Waals surface area contributed by atoms with Crippen LogP contribution in [0.25, 0.3) is 0 Å². The molecular weight excluding hydrogens is 534 g/mol. The molecule has 1 saturated carbocycles. The molecular formula is C33H41N3O4S. The summed E-state index contributed by atoms with van der Waals surface area (Å²) in [5.41, 5.74) is 5.02. The van der Waals surface area contributed by atoms with Crippen molar-refractivity contribution in [3.05, 3.63) is 94.5 Å². The van der Waals surface area contributed by atoms with Crippen LogP contribution < -0.4 is 9.62 Å². The summed E-state index contributed by atoms with van der Waals surface area (Å²) < 4.78 is 29.3. The summed E-state index contributed by atoms with van der Waals surface area (Å²) in [5.74, 6) is -0.671. The Kier molecular flexibility index (Phi) is 9.53. The van der Waals surface area contributed by atoms with Gasteiger partial charge in [-0.15, -0.1) is 0 Å². The fraction of sp³-hybridized carbons (Fsp3) is 0.394. The Hall–Kier alpha value is -3.65. The van der Waals surface area contributed by atoms with E-state index in [0.717, 1.165) is 53.5 Å². The minimum atomic E-state index is -4.09. The van der Waals surface area contributed by atoms with E-state index in [9.17, 15) is 18.0 Å². The third-order valence-electron chi connectivity index (χ3n) is 7.85. The maximum Gasteiger partial charge on any atom is 0.264 e. The largest absolute Gasteiger partial charge is 0.352 e. The van der Waals surface area contributed by atoms with Crippen molar-refractivity contribution in [3.8, 4) is 0 Å². The zero-order valence-electron chi connectivity index (χ0n) is 24.7. The van der Waals surface area contributed by atoms with E-state index in [2.05, 4.69) is 5.32 Å². The van der Waals surface area contributed by atoms with Crippen LogP contribution in [0.3, 0.4) is 0 Å². The molecule has 218 valence electrons. The zero-order chi connectivity index (χ0) is 29.7. The number of carbonyl (C=O) groups excluding carboxylic acids is 2. The van der Waals surface area contributed by atoms with E-state index < -0.39 is 28.5 Å². The van der Waals surface area contributed by atoms with Gasteiger partial charge >= 0.3 is 0 Å². The first-order valence-corrected chi connectivity index (χ1v) is 15.7. The number of nitrogens with zero attached hydrogens (tertiary/aromatic N) is 2. The Morgan fingerprint density at radius 1 is 0.878 bits per heavy atom. The van der Waals surface area contributed by atoms with Gasteiger partial charge in [0.2, 0.25) is 11.8 Å². The zero-order valence-corrected chi connectivity index (χ0v) is 25.5. The fourth-order valence-corrected chi connectivity index (χ4v) is 6.80. The Morgan fingerprint density at radius 2 is 1.49 bits per heavy atom. The number of anilines is 1. The number of benzene rings is 3. The van der Waals surface area contributed by atoms with E-state index in [4.69, 9.17) is 0 Å². The van der Waals surface area contributed by atoms with Gasteiger partial charge in [-0.3, -0.25) is 13.9 Å². The van der Waals surface area contributed by atoms with Crippen molar-refractivity contribution in [2.24, 2.45) is 0 Å². The minimum absolute atomic E-state index is 0.104. The monoisotopic (exact) mass is 575 g/mol. The van der Waals surface area contributed by atoms with Crippen molar-refractivity contribution in [2.45, 2.75) is 83.8 Å². The van der Waals surface area contributed by atoms with E-state index in [1.165, 1.54) is 9.21 Å². The van der Waals surface area contributed by atoms with Crippen LogP contribution in [0.5, 0.6) is 0 Å². The summed E-state index contributed by atoms with van der Waals surface area (Å²) in [6, 6.07) is 19.2. The summed E-state index contributed by atoms with van der Waals surface area (Å²) in [6.45, 7) is 9.12. The number of carbonyl (C=O) groups is 2. The second kappa shape index (κ2) is 12.9. The van der Waals surface area contributed by atoms with Crippen LogP contribution >= 0.6 is 0 Å². The van der Waals surface area contributed by atoms with Gasteiger partial charge in [-0.2, -0.15) is 0 Å². The van der Waals surface area contributed by atoms with Crippen molar-refractivity contribution >= 4 is 27.5 Å². The smallest absolute Gasteiger partial charge is 0.264 e. The number of nitrogens with one attached hydrogen (secondary N) is 1. The lowest BCUT2D eigenvalue weighted by atomic mass is 10.1. The Morgan fingerprint density at radius 3 is 2.10 bits per heavy atom. The number of rotatable bonds is 10. The first kappa shape index (κ1) is 30.3. The molecule has 0 saturated heterocycles. The average Bonchev–Trinajstić information content (AvgIpc) is 3.43. The van der Waals surface area contributed by atoms with Crippen molar-refractivity contribution in [2.75, 3.05) is 10.8 Å². The van der Waals surface area contributed by atoms with E-state index in [-0.39, 0.29) is 23.4 Å². The van der Waals surface area contributed by atoms with Gasteiger partial charge in [0.15, 0.2) is 0 Å². The molecule has 1 atom stereocenters. The van der Waals surface area contributed by atoms with Gasteiger partial charge in [-0.25, -0.2) is 8.42 Å². The highest BCUT2D eigenvalue weighted by Crippen LogP contribution is 2.27. The van der Waals surface area contributed by atoms with Crippen molar-refractivity contribution < 1.29 is 18.0 Å². The number of hydrogen-bond donors (Lipinski definition) is 1. The van der Waals surface area contributed by atoms with Crippen LogP contribution in [0.1, 0.15) is 60.4 Å². The van der Waals surface area contributed by atoms with Crippen LogP contribution in [0, 0.1) is 27.7 Å². The van der Waals surface area contributed by atoms with E-state index >= 15 is 0 Å². The van der Waals surface area contributed by atoms with Gasteiger partial charge in [0, 0.05) is 12.6 Å². The van der Waals surface area contributed by atoms with E-state index in [1.807, 2.05) is 58.0 Å². The topological polar surface area (TPSA) is 86.8 Å². The minimum Gasteiger partial charge on any atom is -0.352 e. The van der Waals surface area contributed by atoms with Gasteiger partial charge in [-0.1, -0.05) is 60.9 Å². The Bertz CT molecular complexity index is 1470. The van der Waals surface area contributed by atoms with E-state index in [0.29, 0.717) is 5.69 Å². The average molecular weight is 576 g/mol. The molecule has 0 aromatic heterocycles. The molecule has 0 spiro atoms. The predicted octanol–water partition coefficient (Wildman–Crippen LogP) is 5.59. The number of aryl methyl sites for hydroxylation is 4.